The Morgan fingerprint density at radius 1 is 1.39 bits per heavy atom. The molecule has 18 heavy (non-hydrogen) atoms. The Kier molecular flexibility index (Phi) is 4.80. The lowest BCUT2D eigenvalue weighted by atomic mass is 10.1. The van der Waals surface area contributed by atoms with Crippen LogP contribution in [-0.4, -0.2) is 7.05 Å². The third kappa shape index (κ3) is 3.34. The van der Waals surface area contributed by atoms with Crippen LogP contribution in [0.2, 0.25) is 0 Å². The van der Waals surface area contributed by atoms with Crippen molar-refractivity contribution in [3.05, 3.63) is 50.6 Å². The molecule has 0 bridgehead atoms. The quantitative estimate of drug-likeness (QED) is 0.881. The van der Waals surface area contributed by atoms with Gasteiger partial charge in [-0.3, -0.25) is 0 Å². The summed E-state index contributed by atoms with van der Waals surface area (Å²) in [5.74, 6) is 0.912. The molecular formula is C14H16BrNOS. The molecule has 0 amide bonds. The zero-order chi connectivity index (χ0) is 13.0. The fourth-order valence-electron chi connectivity index (χ4n) is 1.62. The summed E-state index contributed by atoms with van der Waals surface area (Å²) in [4.78, 5) is 1.21. The lowest BCUT2D eigenvalue weighted by Gasteiger charge is -2.12. The van der Waals surface area contributed by atoms with Gasteiger partial charge in [-0.05, 0) is 59.0 Å². The largest absolute Gasteiger partial charge is 0.488 e. The van der Waals surface area contributed by atoms with E-state index in [1.807, 2.05) is 25.2 Å². The monoisotopic (exact) mass is 325 g/mol. The van der Waals surface area contributed by atoms with Crippen LogP contribution in [0.1, 0.15) is 23.4 Å². The molecule has 1 aromatic carbocycles. The average Bonchev–Trinajstić information content (AvgIpc) is 2.81. The van der Waals surface area contributed by atoms with Crippen LogP contribution >= 0.6 is 27.3 Å². The predicted molar refractivity (Wildman–Crippen MR) is 80.3 cm³/mol. The van der Waals surface area contributed by atoms with Crippen molar-refractivity contribution in [2.75, 3.05) is 7.05 Å². The van der Waals surface area contributed by atoms with Crippen molar-refractivity contribution in [1.29, 1.82) is 0 Å². The highest BCUT2D eigenvalue weighted by Gasteiger charge is 2.05. The third-order valence-electron chi connectivity index (χ3n) is 2.85. The molecule has 1 heterocycles. The molecule has 1 aromatic heterocycles. The standard InChI is InChI=1S/C14H16BrNOS/c1-10(16-2)11-4-3-5-12(8-11)17-9-14-13(15)6-7-18-14/h3-8,10,16H,9H2,1-2H3. The number of nitrogens with one attached hydrogen (secondary N) is 1. The second-order valence-electron chi connectivity index (χ2n) is 4.06. The second kappa shape index (κ2) is 6.36. The molecule has 0 aliphatic rings. The number of ether oxygens (including phenoxy) is 1. The molecule has 2 nitrogen and oxygen atoms in total. The topological polar surface area (TPSA) is 21.3 Å². The first-order valence-corrected chi connectivity index (χ1v) is 7.50. The highest BCUT2D eigenvalue weighted by atomic mass is 79.9. The lowest BCUT2D eigenvalue weighted by Crippen LogP contribution is -2.12. The summed E-state index contributed by atoms with van der Waals surface area (Å²) < 4.78 is 6.94. The van der Waals surface area contributed by atoms with Crippen molar-refractivity contribution in [2.24, 2.45) is 0 Å². The molecule has 2 aromatic rings. The van der Waals surface area contributed by atoms with E-state index in [1.165, 1.54) is 10.4 Å². The average molecular weight is 326 g/mol. The van der Waals surface area contributed by atoms with Crippen LogP contribution in [0.25, 0.3) is 0 Å². The van der Waals surface area contributed by atoms with Gasteiger partial charge in [-0.25, -0.2) is 0 Å². The lowest BCUT2D eigenvalue weighted by molar-refractivity contribution is 0.308. The zero-order valence-electron chi connectivity index (χ0n) is 10.4. The maximum Gasteiger partial charge on any atom is 0.124 e. The number of rotatable bonds is 5. The minimum atomic E-state index is 0.335. The Bertz CT molecular complexity index is 512. The van der Waals surface area contributed by atoms with E-state index in [-0.39, 0.29) is 0 Å². The first-order valence-electron chi connectivity index (χ1n) is 5.82. The van der Waals surface area contributed by atoms with E-state index in [0.29, 0.717) is 12.6 Å². The van der Waals surface area contributed by atoms with Gasteiger partial charge in [0, 0.05) is 10.5 Å². The molecule has 1 unspecified atom stereocenters. The summed E-state index contributed by atoms with van der Waals surface area (Å²) in [7, 11) is 1.96. The molecule has 4 heteroatoms. The molecule has 0 aliphatic carbocycles. The van der Waals surface area contributed by atoms with Crippen molar-refractivity contribution >= 4 is 27.3 Å². The Morgan fingerprint density at radius 3 is 2.89 bits per heavy atom. The van der Waals surface area contributed by atoms with Gasteiger partial charge in [-0.2, -0.15) is 0 Å². The molecule has 1 N–H and O–H groups in total. The van der Waals surface area contributed by atoms with Crippen LogP contribution in [-0.2, 0) is 6.61 Å². The maximum absolute atomic E-state index is 5.82. The summed E-state index contributed by atoms with van der Waals surface area (Å²) in [5.41, 5.74) is 1.24. The van der Waals surface area contributed by atoms with E-state index in [1.54, 1.807) is 11.3 Å². The van der Waals surface area contributed by atoms with Crippen molar-refractivity contribution in [3.63, 3.8) is 0 Å². The Hall–Kier alpha value is -0.840. The SMILES string of the molecule is CNC(C)c1cccc(OCc2sccc2Br)c1. The predicted octanol–water partition coefficient (Wildman–Crippen LogP) is 4.37. The number of benzene rings is 1. The first-order chi connectivity index (χ1) is 8.70. The van der Waals surface area contributed by atoms with Crippen LogP contribution in [0.3, 0.4) is 0 Å². The molecule has 0 spiro atoms. The van der Waals surface area contributed by atoms with Gasteiger partial charge >= 0.3 is 0 Å². The summed E-state index contributed by atoms with van der Waals surface area (Å²) >= 11 is 5.21. The van der Waals surface area contributed by atoms with Crippen molar-refractivity contribution in [1.82, 2.24) is 5.32 Å². The number of halogens is 1. The molecule has 1 atom stereocenters. The van der Waals surface area contributed by atoms with Crippen molar-refractivity contribution in [2.45, 2.75) is 19.6 Å². The fraction of sp³-hybridized carbons (Fsp3) is 0.286. The van der Waals surface area contributed by atoms with Gasteiger partial charge in [0.15, 0.2) is 0 Å². The van der Waals surface area contributed by atoms with Gasteiger partial charge in [-0.15, -0.1) is 11.3 Å². The highest BCUT2D eigenvalue weighted by molar-refractivity contribution is 9.10. The molecule has 0 aliphatic heterocycles. The third-order valence-corrected chi connectivity index (χ3v) is 4.75. The summed E-state index contributed by atoms with van der Waals surface area (Å²) in [6.45, 7) is 2.74. The van der Waals surface area contributed by atoms with Crippen molar-refractivity contribution < 1.29 is 4.74 Å². The van der Waals surface area contributed by atoms with Gasteiger partial charge in [-0.1, -0.05) is 12.1 Å². The second-order valence-corrected chi connectivity index (χ2v) is 5.92. The maximum atomic E-state index is 5.82. The van der Waals surface area contributed by atoms with Crippen LogP contribution in [0.15, 0.2) is 40.2 Å². The Labute approximate surface area is 120 Å². The number of thiophene rings is 1. The molecule has 2 rings (SSSR count). The van der Waals surface area contributed by atoms with E-state index in [0.717, 1.165) is 10.2 Å². The molecule has 0 saturated heterocycles. The van der Waals surface area contributed by atoms with Gasteiger partial charge in [0.05, 0.1) is 4.88 Å². The van der Waals surface area contributed by atoms with Crippen LogP contribution in [0.5, 0.6) is 5.75 Å². The van der Waals surface area contributed by atoms with Gasteiger partial charge in [0.1, 0.15) is 12.4 Å². The molecular weight excluding hydrogens is 310 g/mol. The minimum absolute atomic E-state index is 0.335. The van der Waals surface area contributed by atoms with Crippen LogP contribution in [0, 0.1) is 0 Å². The van der Waals surface area contributed by atoms with Gasteiger partial charge in [0.25, 0.3) is 0 Å². The number of hydrogen-bond acceptors (Lipinski definition) is 3. The van der Waals surface area contributed by atoms with E-state index >= 15 is 0 Å². The molecule has 0 radical (unpaired) electrons. The minimum Gasteiger partial charge on any atom is -0.488 e. The Balaban J connectivity index is 2.04. The van der Waals surface area contributed by atoms with Gasteiger partial charge in [0.2, 0.25) is 0 Å². The smallest absolute Gasteiger partial charge is 0.124 e. The van der Waals surface area contributed by atoms with Crippen molar-refractivity contribution in [3.8, 4) is 5.75 Å². The Morgan fingerprint density at radius 2 is 2.22 bits per heavy atom. The molecule has 96 valence electrons. The van der Waals surface area contributed by atoms with E-state index in [2.05, 4.69) is 45.7 Å². The van der Waals surface area contributed by atoms with Crippen LogP contribution in [0.4, 0.5) is 0 Å². The molecule has 0 saturated carbocycles. The molecule has 0 fully saturated rings. The first kappa shape index (κ1) is 13.6. The summed E-state index contributed by atoms with van der Waals surface area (Å²) in [6, 6.07) is 10.6. The van der Waals surface area contributed by atoms with Gasteiger partial charge < -0.3 is 10.1 Å². The van der Waals surface area contributed by atoms with E-state index in [9.17, 15) is 0 Å². The zero-order valence-corrected chi connectivity index (χ0v) is 12.8. The number of hydrogen-bond donors (Lipinski definition) is 1. The fourth-order valence-corrected chi connectivity index (χ4v) is 3.00. The van der Waals surface area contributed by atoms with E-state index in [4.69, 9.17) is 4.74 Å². The highest BCUT2D eigenvalue weighted by Crippen LogP contribution is 2.25. The summed E-state index contributed by atoms with van der Waals surface area (Å²) in [5, 5.41) is 5.28. The normalized spacial score (nSPS) is 12.4. The van der Waals surface area contributed by atoms with E-state index < -0.39 is 0 Å². The van der Waals surface area contributed by atoms with Crippen LogP contribution < -0.4 is 10.1 Å². The summed E-state index contributed by atoms with van der Waals surface area (Å²) in [6.07, 6.45) is 0.